The van der Waals surface area contributed by atoms with Gasteiger partial charge in [0.15, 0.2) is 0 Å². The normalized spacial score (nSPS) is 10.9. The smallest absolute Gasteiger partial charge is 0.225 e. The maximum Gasteiger partial charge on any atom is 0.225 e. The molecule has 0 unspecified atom stereocenters. The Kier molecular flexibility index (Phi) is 3.50. The van der Waals surface area contributed by atoms with Crippen molar-refractivity contribution in [1.82, 2.24) is 9.97 Å². The van der Waals surface area contributed by atoms with Crippen LogP contribution >= 0.6 is 46.1 Å². The molecule has 0 spiro atoms. The number of nitrogens with zero attached hydrogens (tertiary/aromatic N) is 2. The molecule has 0 saturated heterocycles. The minimum atomic E-state index is 0.206. The summed E-state index contributed by atoms with van der Waals surface area (Å²) in [6, 6.07) is 7.22. The highest BCUT2D eigenvalue weighted by Crippen LogP contribution is 2.31. The van der Waals surface area contributed by atoms with E-state index in [0.29, 0.717) is 15.9 Å². The number of rotatable bonds is 2. The molecule has 1 aromatic carbocycles. The molecule has 0 aliphatic rings. The van der Waals surface area contributed by atoms with Crippen LogP contribution in [0.4, 0.5) is 11.5 Å². The van der Waals surface area contributed by atoms with Gasteiger partial charge in [-0.05, 0) is 41.2 Å². The second-order valence-electron chi connectivity index (χ2n) is 3.73. The summed E-state index contributed by atoms with van der Waals surface area (Å²) in [6.45, 7) is 0. The Bertz CT molecular complexity index is 757. The lowest BCUT2D eigenvalue weighted by molar-refractivity contribution is 1.23. The van der Waals surface area contributed by atoms with Crippen molar-refractivity contribution in [3.8, 4) is 0 Å². The molecule has 1 N–H and O–H groups in total. The Morgan fingerprint density at radius 3 is 2.63 bits per heavy atom. The highest BCUT2D eigenvalue weighted by atomic mass is 35.5. The number of benzene rings is 1. The van der Waals surface area contributed by atoms with E-state index >= 15 is 0 Å². The summed E-state index contributed by atoms with van der Waals surface area (Å²) < 4.78 is 0. The van der Waals surface area contributed by atoms with Crippen molar-refractivity contribution in [1.29, 1.82) is 0 Å². The van der Waals surface area contributed by atoms with E-state index in [-0.39, 0.29) is 5.28 Å². The molecule has 2 heterocycles. The fraction of sp³-hybridized carbons (Fsp3) is 0. The zero-order chi connectivity index (χ0) is 13.4. The van der Waals surface area contributed by atoms with Gasteiger partial charge in [-0.2, -0.15) is 4.98 Å². The first kappa shape index (κ1) is 12.9. The molecule has 3 rings (SSSR count). The quantitative estimate of drug-likeness (QED) is 0.640. The van der Waals surface area contributed by atoms with Crippen LogP contribution in [-0.2, 0) is 0 Å². The van der Waals surface area contributed by atoms with Crippen molar-refractivity contribution in [2.75, 3.05) is 5.32 Å². The summed E-state index contributed by atoms with van der Waals surface area (Å²) in [7, 11) is 0. The fourth-order valence-corrected chi connectivity index (χ4v) is 2.92. The van der Waals surface area contributed by atoms with Crippen LogP contribution in [0.3, 0.4) is 0 Å². The molecule has 0 fully saturated rings. The van der Waals surface area contributed by atoms with Gasteiger partial charge in [0.1, 0.15) is 10.6 Å². The van der Waals surface area contributed by atoms with Gasteiger partial charge in [0.05, 0.1) is 15.4 Å². The number of anilines is 2. The van der Waals surface area contributed by atoms with Gasteiger partial charge in [-0.3, -0.25) is 0 Å². The van der Waals surface area contributed by atoms with Gasteiger partial charge in [-0.25, -0.2) is 4.98 Å². The van der Waals surface area contributed by atoms with Gasteiger partial charge in [-0.15, -0.1) is 11.3 Å². The SMILES string of the molecule is Clc1nc(Nc2ccc(Cl)c(Cl)c2)c2ccsc2n1. The van der Waals surface area contributed by atoms with E-state index < -0.39 is 0 Å². The number of hydrogen-bond donors (Lipinski definition) is 1. The van der Waals surface area contributed by atoms with Crippen molar-refractivity contribution in [2.24, 2.45) is 0 Å². The minimum Gasteiger partial charge on any atom is -0.339 e. The van der Waals surface area contributed by atoms with Gasteiger partial charge < -0.3 is 5.32 Å². The topological polar surface area (TPSA) is 37.8 Å². The Labute approximate surface area is 128 Å². The number of thiophene rings is 1. The maximum atomic E-state index is 5.98. The Balaban J connectivity index is 2.04. The lowest BCUT2D eigenvalue weighted by Gasteiger charge is -2.08. The van der Waals surface area contributed by atoms with Crippen LogP contribution in [0, 0.1) is 0 Å². The van der Waals surface area contributed by atoms with E-state index in [2.05, 4.69) is 15.3 Å². The maximum absolute atomic E-state index is 5.98. The van der Waals surface area contributed by atoms with Crippen molar-refractivity contribution < 1.29 is 0 Å². The Morgan fingerprint density at radius 2 is 1.84 bits per heavy atom. The van der Waals surface area contributed by atoms with E-state index in [9.17, 15) is 0 Å². The molecule has 2 aromatic heterocycles. The summed E-state index contributed by atoms with van der Waals surface area (Å²) in [5, 5.41) is 7.22. The van der Waals surface area contributed by atoms with E-state index in [1.165, 1.54) is 11.3 Å². The highest BCUT2D eigenvalue weighted by Gasteiger charge is 2.08. The molecule has 0 bridgehead atoms. The van der Waals surface area contributed by atoms with Crippen LogP contribution in [0.25, 0.3) is 10.2 Å². The molecule has 7 heteroatoms. The molecule has 0 saturated carbocycles. The Hall–Kier alpha value is -1.07. The van der Waals surface area contributed by atoms with Crippen LogP contribution in [0.1, 0.15) is 0 Å². The number of aromatic nitrogens is 2. The van der Waals surface area contributed by atoms with E-state index in [4.69, 9.17) is 34.8 Å². The number of nitrogens with one attached hydrogen (secondary N) is 1. The van der Waals surface area contributed by atoms with Crippen molar-refractivity contribution >= 4 is 67.9 Å². The molecule has 0 atom stereocenters. The predicted molar refractivity (Wildman–Crippen MR) is 82.2 cm³/mol. The van der Waals surface area contributed by atoms with E-state index in [1.807, 2.05) is 17.5 Å². The summed E-state index contributed by atoms with van der Waals surface area (Å²) in [6.07, 6.45) is 0. The first-order valence-corrected chi connectivity index (χ1v) is 7.27. The molecular weight excluding hydrogens is 325 g/mol. The van der Waals surface area contributed by atoms with Gasteiger partial charge in [0.25, 0.3) is 0 Å². The van der Waals surface area contributed by atoms with Crippen LogP contribution in [-0.4, -0.2) is 9.97 Å². The van der Waals surface area contributed by atoms with Crippen molar-refractivity contribution in [3.63, 3.8) is 0 Å². The predicted octanol–water partition coefficient (Wildman–Crippen LogP) is 5.40. The molecule has 3 aromatic rings. The van der Waals surface area contributed by atoms with Crippen LogP contribution in [0.2, 0.25) is 15.3 Å². The van der Waals surface area contributed by atoms with Gasteiger partial charge in [0.2, 0.25) is 5.28 Å². The average molecular weight is 331 g/mol. The molecular formula is C12H6Cl3N3S. The van der Waals surface area contributed by atoms with Crippen molar-refractivity contribution in [3.05, 3.63) is 45.0 Å². The highest BCUT2D eigenvalue weighted by molar-refractivity contribution is 7.16. The lowest BCUT2D eigenvalue weighted by atomic mass is 10.3. The fourth-order valence-electron chi connectivity index (χ4n) is 1.64. The van der Waals surface area contributed by atoms with Crippen LogP contribution < -0.4 is 5.32 Å². The number of fused-ring (bicyclic) bond motifs is 1. The van der Waals surface area contributed by atoms with Gasteiger partial charge in [0, 0.05) is 5.69 Å². The third-order valence-electron chi connectivity index (χ3n) is 2.48. The van der Waals surface area contributed by atoms with Gasteiger partial charge in [-0.1, -0.05) is 23.2 Å². The third kappa shape index (κ3) is 2.62. The minimum absolute atomic E-state index is 0.206. The summed E-state index contributed by atoms with van der Waals surface area (Å²) in [4.78, 5) is 9.19. The third-order valence-corrected chi connectivity index (χ3v) is 4.19. The second kappa shape index (κ2) is 5.13. The largest absolute Gasteiger partial charge is 0.339 e. The first-order chi connectivity index (χ1) is 9.13. The molecule has 19 heavy (non-hydrogen) atoms. The molecule has 3 nitrogen and oxygen atoms in total. The Morgan fingerprint density at radius 1 is 1.00 bits per heavy atom. The van der Waals surface area contributed by atoms with Crippen molar-refractivity contribution in [2.45, 2.75) is 0 Å². The van der Waals surface area contributed by atoms with Gasteiger partial charge >= 0.3 is 0 Å². The number of hydrogen-bond acceptors (Lipinski definition) is 4. The molecule has 0 radical (unpaired) electrons. The second-order valence-corrected chi connectivity index (χ2v) is 5.78. The number of halogens is 3. The van der Waals surface area contributed by atoms with Crippen LogP contribution in [0.5, 0.6) is 0 Å². The molecule has 0 aliphatic carbocycles. The molecule has 0 amide bonds. The summed E-state index contributed by atoms with van der Waals surface area (Å²) in [5.41, 5.74) is 0.789. The van der Waals surface area contributed by atoms with E-state index in [1.54, 1.807) is 12.1 Å². The zero-order valence-electron chi connectivity index (χ0n) is 9.32. The molecule has 96 valence electrons. The van der Waals surface area contributed by atoms with E-state index in [0.717, 1.165) is 15.9 Å². The monoisotopic (exact) mass is 329 g/mol. The average Bonchev–Trinajstić information content (AvgIpc) is 2.82. The lowest BCUT2D eigenvalue weighted by Crippen LogP contribution is -1.95. The standard InChI is InChI=1S/C12H6Cl3N3S/c13-8-2-1-6(5-9(8)14)16-10-7-3-4-19-11(7)18-12(15)17-10/h1-5H,(H,16,17,18). The zero-order valence-corrected chi connectivity index (χ0v) is 12.4. The first-order valence-electron chi connectivity index (χ1n) is 5.26. The van der Waals surface area contributed by atoms with Crippen LogP contribution in [0.15, 0.2) is 29.6 Å². The molecule has 0 aliphatic heterocycles. The summed E-state index contributed by atoms with van der Waals surface area (Å²) >= 11 is 19.3. The summed E-state index contributed by atoms with van der Waals surface area (Å²) in [5.74, 6) is 0.648.